The number of hydrogen-bond donors (Lipinski definition) is 0. The van der Waals surface area contributed by atoms with Gasteiger partial charge in [0, 0.05) is 11.0 Å². The molecule has 2 rings (SSSR count). The molecule has 1 aliphatic carbocycles. The Hall–Kier alpha value is 0.500. The van der Waals surface area contributed by atoms with Gasteiger partial charge in [0.15, 0.2) is 0 Å². The summed E-state index contributed by atoms with van der Waals surface area (Å²) in [6.45, 7) is 4.64. The van der Waals surface area contributed by atoms with Crippen LogP contribution in [0.15, 0.2) is 0 Å². The SMILES string of the molecule is CC1CS(=O)SC(C2CCCCC2)C1C. The molecule has 0 bridgehead atoms. The van der Waals surface area contributed by atoms with Crippen LogP contribution in [0.3, 0.4) is 0 Å². The molecule has 0 N–H and O–H groups in total. The fourth-order valence-corrected chi connectivity index (χ4v) is 7.46. The predicted molar refractivity (Wildman–Crippen MR) is 69.3 cm³/mol. The Bertz CT molecular complexity index is 236. The van der Waals surface area contributed by atoms with Crippen LogP contribution in [0.5, 0.6) is 0 Å². The Labute approximate surface area is 99.6 Å². The largest absolute Gasteiger partial charge is 0.248 e. The normalized spacial score (nSPS) is 44.1. The fraction of sp³-hybridized carbons (Fsp3) is 1.00. The highest BCUT2D eigenvalue weighted by Gasteiger charge is 2.37. The van der Waals surface area contributed by atoms with Crippen LogP contribution in [-0.2, 0) is 9.83 Å². The molecule has 0 radical (unpaired) electrons. The van der Waals surface area contributed by atoms with Gasteiger partial charge >= 0.3 is 0 Å². The van der Waals surface area contributed by atoms with Crippen molar-refractivity contribution in [2.45, 2.75) is 51.2 Å². The van der Waals surface area contributed by atoms with Gasteiger partial charge in [0.25, 0.3) is 0 Å². The second-order valence-corrected chi connectivity index (χ2v) is 8.64. The minimum atomic E-state index is -0.606. The number of rotatable bonds is 1. The summed E-state index contributed by atoms with van der Waals surface area (Å²) < 4.78 is 11.7. The van der Waals surface area contributed by atoms with Crippen molar-refractivity contribution in [2.75, 3.05) is 5.75 Å². The number of hydrogen-bond acceptors (Lipinski definition) is 2. The van der Waals surface area contributed by atoms with Crippen LogP contribution >= 0.6 is 10.8 Å². The molecule has 1 heterocycles. The first-order valence-corrected chi connectivity index (χ1v) is 8.95. The van der Waals surface area contributed by atoms with Crippen LogP contribution < -0.4 is 0 Å². The van der Waals surface area contributed by atoms with Crippen molar-refractivity contribution in [3.63, 3.8) is 0 Å². The van der Waals surface area contributed by atoms with E-state index in [0.717, 1.165) is 17.6 Å². The summed E-state index contributed by atoms with van der Waals surface area (Å²) in [6, 6.07) is 0. The molecule has 15 heavy (non-hydrogen) atoms. The molecular weight excluding hydrogens is 224 g/mol. The molecule has 4 atom stereocenters. The van der Waals surface area contributed by atoms with Gasteiger partial charge < -0.3 is 0 Å². The topological polar surface area (TPSA) is 17.1 Å². The summed E-state index contributed by atoms with van der Waals surface area (Å²) >= 11 is 0. The molecule has 0 spiro atoms. The highest BCUT2D eigenvalue weighted by Crippen LogP contribution is 2.43. The molecule has 3 heteroatoms. The molecular formula is C12H22OS2. The Balaban J connectivity index is 2.01. The third kappa shape index (κ3) is 2.79. The third-order valence-electron chi connectivity index (χ3n) is 4.15. The summed E-state index contributed by atoms with van der Waals surface area (Å²) in [5.74, 6) is 3.18. The average Bonchev–Trinajstić information content (AvgIpc) is 2.24. The lowest BCUT2D eigenvalue weighted by molar-refractivity contribution is 0.273. The molecule has 4 unspecified atom stereocenters. The molecule has 1 nitrogen and oxygen atoms in total. The Kier molecular flexibility index (Phi) is 4.17. The zero-order valence-corrected chi connectivity index (χ0v) is 11.4. The standard InChI is InChI=1S/C12H22OS2/c1-9-8-15(13)14-12(10(9)2)11-6-4-3-5-7-11/h9-12H,3-8H2,1-2H3. The lowest BCUT2D eigenvalue weighted by Gasteiger charge is -2.39. The molecule has 0 aromatic carbocycles. The van der Waals surface area contributed by atoms with Gasteiger partial charge in [-0.25, -0.2) is 4.21 Å². The maximum absolute atomic E-state index is 11.7. The van der Waals surface area contributed by atoms with E-state index >= 15 is 0 Å². The first-order chi connectivity index (χ1) is 7.18. The smallest absolute Gasteiger partial charge is 0.0809 e. The summed E-state index contributed by atoms with van der Waals surface area (Å²) in [5.41, 5.74) is 0. The molecule has 0 aromatic heterocycles. The van der Waals surface area contributed by atoms with Crippen LogP contribution in [0.4, 0.5) is 0 Å². The summed E-state index contributed by atoms with van der Waals surface area (Å²) in [4.78, 5) is 0. The van der Waals surface area contributed by atoms with Gasteiger partial charge in [0.2, 0.25) is 0 Å². The quantitative estimate of drug-likeness (QED) is 0.657. The van der Waals surface area contributed by atoms with E-state index in [2.05, 4.69) is 13.8 Å². The molecule has 2 aliphatic rings. The van der Waals surface area contributed by atoms with Crippen molar-refractivity contribution < 1.29 is 4.21 Å². The Morgan fingerprint density at radius 2 is 1.80 bits per heavy atom. The minimum absolute atomic E-state index is 0.606. The van der Waals surface area contributed by atoms with Crippen molar-refractivity contribution in [1.29, 1.82) is 0 Å². The molecule has 1 saturated carbocycles. The monoisotopic (exact) mass is 246 g/mol. The van der Waals surface area contributed by atoms with Crippen LogP contribution in [0, 0.1) is 17.8 Å². The third-order valence-corrected chi connectivity index (χ3v) is 7.92. The van der Waals surface area contributed by atoms with Gasteiger partial charge in [-0.05, 0) is 30.6 Å². The zero-order valence-electron chi connectivity index (χ0n) is 9.78. The molecule has 2 fully saturated rings. The van der Waals surface area contributed by atoms with Gasteiger partial charge in [-0.2, -0.15) is 0 Å². The summed E-state index contributed by atoms with van der Waals surface area (Å²) in [7, 11) is 1.17. The van der Waals surface area contributed by atoms with E-state index in [1.54, 1.807) is 10.8 Å². The highest BCUT2D eigenvalue weighted by atomic mass is 33.1. The van der Waals surface area contributed by atoms with Crippen molar-refractivity contribution in [3.8, 4) is 0 Å². The maximum atomic E-state index is 11.7. The van der Waals surface area contributed by atoms with E-state index in [9.17, 15) is 4.21 Å². The lowest BCUT2D eigenvalue weighted by Crippen LogP contribution is -2.36. The fourth-order valence-electron chi connectivity index (χ4n) is 2.91. The minimum Gasteiger partial charge on any atom is -0.248 e. The van der Waals surface area contributed by atoms with E-state index in [1.165, 1.54) is 32.1 Å². The molecule has 0 aromatic rings. The first kappa shape index (κ1) is 12.0. The van der Waals surface area contributed by atoms with Crippen LogP contribution in [0.25, 0.3) is 0 Å². The van der Waals surface area contributed by atoms with E-state index in [4.69, 9.17) is 0 Å². The molecule has 1 saturated heterocycles. The van der Waals surface area contributed by atoms with Crippen LogP contribution in [0.1, 0.15) is 46.0 Å². The second kappa shape index (κ2) is 5.22. The first-order valence-electron chi connectivity index (χ1n) is 6.24. The molecule has 0 amide bonds. The van der Waals surface area contributed by atoms with Gasteiger partial charge in [-0.15, -0.1) is 0 Å². The summed E-state index contributed by atoms with van der Waals surface area (Å²) in [5, 5.41) is 0.676. The van der Waals surface area contributed by atoms with E-state index in [1.807, 2.05) is 0 Å². The Morgan fingerprint density at radius 1 is 1.13 bits per heavy atom. The lowest BCUT2D eigenvalue weighted by atomic mass is 9.79. The zero-order chi connectivity index (χ0) is 10.8. The van der Waals surface area contributed by atoms with Gasteiger partial charge in [-0.3, -0.25) is 0 Å². The second-order valence-electron chi connectivity index (χ2n) is 5.27. The Morgan fingerprint density at radius 3 is 2.47 bits per heavy atom. The highest BCUT2D eigenvalue weighted by molar-refractivity contribution is 8.69. The predicted octanol–water partition coefficient (Wildman–Crippen LogP) is 3.62. The maximum Gasteiger partial charge on any atom is 0.0809 e. The average molecular weight is 246 g/mol. The van der Waals surface area contributed by atoms with Crippen LogP contribution in [-0.4, -0.2) is 15.2 Å². The van der Waals surface area contributed by atoms with E-state index in [0.29, 0.717) is 11.2 Å². The molecule has 1 aliphatic heterocycles. The van der Waals surface area contributed by atoms with Gasteiger partial charge in [-0.1, -0.05) is 43.9 Å². The van der Waals surface area contributed by atoms with Gasteiger partial charge in [0.05, 0.1) is 9.83 Å². The van der Waals surface area contributed by atoms with Crippen molar-refractivity contribution >= 4 is 20.6 Å². The van der Waals surface area contributed by atoms with Crippen molar-refractivity contribution in [1.82, 2.24) is 0 Å². The van der Waals surface area contributed by atoms with Crippen LogP contribution in [0.2, 0.25) is 0 Å². The molecule has 88 valence electrons. The van der Waals surface area contributed by atoms with E-state index < -0.39 is 9.83 Å². The summed E-state index contributed by atoms with van der Waals surface area (Å²) in [6.07, 6.45) is 6.98. The van der Waals surface area contributed by atoms with Crippen molar-refractivity contribution in [2.24, 2.45) is 17.8 Å². The van der Waals surface area contributed by atoms with Gasteiger partial charge in [0.1, 0.15) is 0 Å². The van der Waals surface area contributed by atoms with Crippen molar-refractivity contribution in [3.05, 3.63) is 0 Å². The van der Waals surface area contributed by atoms with E-state index in [-0.39, 0.29) is 0 Å².